The second-order valence-electron chi connectivity index (χ2n) is 15.3. The number of aliphatic carboxylic acids is 2. The van der Waals surface area contributed by atoms with Crippen LogP contribution in [0.15, 0.2) is 42.5 Å². The largest absolute Gasteiger partial charge is 0.480 e. The van der Waals surface area contributed by atoms with Crippen molar-refractivity contribution in [2.45, 2.75) is 0 Å². The van der Waals surface area contributed by atoms with Crippen LogP contribution in [-0.2, 0) is 38.1 Å². The first kappa shape index (κ1) is 54.1. The van der Waals surface area contributed by atoms with Gasteiger partial charge < -0.3 is 60.5 Å². The number of amides is 3. The molecule has 23 nitrogen and oxygen atoms in total. The van der Waals surface area contributed by atoms with Crippen LogP contribution < -0.4 is 31.9 Å². The summed E-state index contributed by atoms with van der Waals surface area (Å²) in [5.41, 5.74) is 8.95. The van der Waals surface area contributed by atoms with Crippen molar-refractivity contribution in [2.75, 3.05) is 168 Å². The number of aromatic nitrogens is 2. The molecule has 0 atom stereocenters. The van der Waals surface area contributed by atoms with E-state index in [-0.39, 0.29) is 76.4 Å². The quantitative estimate of drug-likeness (QED) is 0.0231. The minimum atomic E-state index is -1.09. The van der Waals surface area contributed by atoms with E-state index in [4.69, 9.17) is 56.6 Å². The van der Waals surface area contributed by atoms with Crippen molar-refractivity contribution in [3.8, 4) is 11.3 Å². The van der Waals surface area contributed by atoms with Gasteiger partial charge in [-0.2, -0.15) is 0 Å². The molecule has 0 aliphatic carbocycles. The van der Waals surface area contributed by atoms with Crippen LogP contribution in [0.5, 0.6) is 0 Å². The molecule has 1 aliphatic heterocycles. The Hall–Kier alpha value is -5.50. The van der Waals surface area contributed by atoms with E-state index in [1.54, 1.807) is 13.1 Å². The molecule has 0 unspecified atom stereocenters. The number of carbonyl (C=O) groups excluding carboxylic acids is 2. The Balaban J connectivity index is 0.926. The number of urea groups is 1. The van der Waals surface area contributed by atoms with E-state index in [0.717, 1.165) is 49.4 Å². The first-order chi connectivity index (χ1) is 32.4. The van der Waals surface area contributed by atoms with Crippen LogP contribution in [0.3, 0.4) is 0 Å². The Labute approximate surface area is 395 Å². The third kappa shape index (κ3) is 22.2. The van der Waals surface area contributed by atoms with Crippen molar-refractivity contribution in [2.24, 2.45) is 5.73 Å². The van der Waals surface area contributed by atoms with Crippen LogP contribution in [0.1, 0.15) is 0 Å². The van der Waals surface area contributed by atoms with Gasteiger partial charge in [0.15, 0.2) is 5.96 Å². The molecule has 67 heavy (non-hydrogen) atoms. The average Bonchev–Trinajstić information content (AvgIpc) is 3.28. The molecule has 1 aromatic heterocycles. The Morgan fingerprint density at radius 1 is 0.746 bits per heavy atom. The number of hydrogen-bond acceptors (Lipinski definition) is 16. The molecule has 0 bridgehead atoms. The number of hydrogen-bond donors (Lipinski definition) is 8. The van der Waals surface area contributed by atoms with Gasteiger partial charge in [0, 0.05) is 87.1 Å². The Bertz CT molecular complexity index is 2010. The molecule has 3 aromatic rings. The summed E-state index contributed by atoms with van der Waals surface area (Å²) >= 11 is 6.33. The SMILES string of the molecule is CN(CCN(CC(=O)O)CC(=O)NCCOCCOCCNC(=O)NCCOCCOCCOCCN1CCN(c2cccc(-c3nc(NC(=N)N)nc4ccc(Cl)cc34)c2)CC1)CC(=O)O. The summed E-state index contributed by atoms with van der Waals surface area (Å²) in [6.45, 7) is 8.81. The maximum Gasteiger partial charge on any atom is 0.317 e. The molecule has 1 saturated heterocycles. The Kier molecular flexibility index (Phi) is 24.8. The number of carbonyl (C=O) groups is 4. The molecular weight excluding hydrogens is 896 g/mol. The van der Waals surface area contributed by atoms with Crippen molar-refractivity contribution >= 4 is 64.0 Å². The summed E-state index contributed by atoms with van der Waals surface area (Å²) in [6.07, 6.45) is 0. The van der Waals surface area contributed by atoms with Gasteiger partial charge >= 0.3 is 18.0 Å². The molecule has 1 aliphatic rings. The van der Waals surface area contributed by atoms with Crippen LogP contribution in [0, 0.1) is 5.41 Å². The molecular formula is C43H65ClN12O11. The maximum atomic E-state index is 12.2. The summed E-state index contributed by atoms with van der Waals surface area (Å²) in [7, 11) is 1.60. The fraction of sp³-hybridized carbons (Fsp3) is 0.558. The number of carboxylic acids is 2. The average molecular weight is 962 g/mol. The number of ether oxygens (including phenoxy) is 5. The lowest BCUT2D eigenvalue weighted by Gasteiger charge is -2.36. The number of anilines is 2. The predicted molar refractivity (Wildman–Crippen MR) is 252 cm³/mol. The predicted octanol–water partition coefficient (Wildman–Crippen LogP) is 0.279. The molecule has 0 radical (unpaired) electrons. The normalized spacial score (nSPS) is 13.0. The van der Waals surface area contributed by atoms with E-state index in [9.17, 15) is 19.2 Å². The number of nitrogens with zero attached hydrogens (tertiary/aromatic N) is 6. The number of nitrogens with one attached hydrogen (secondary N) is 5. The zero-order chi connectivity index (χ0) is 48.2. The summed E-state index contributed by atoms with van der Waals surface area (Å²) in [4.78, 5) is 63.0. The van der Waals surface area contributed by atoms with Crippen LogP contribution in [0.25, 0.3) is 22.2 Å². The summed E-state index contributed by atoms with van der Waals surface area (Å²) in [6, 6.07) is 13.3. The molecule has 370 valence electrons. The van der Waals surface area contributed by atoms with Gasteiger partial charge in [-0.1, -0.05) is 23.7 Å². The molecule has 2 aromatic carbocycles. The lowest BCUT2D eigenvalue weighted by molar-refractivity contribution is -0.140. The molecule has 1 fully saturated rings. The van der Waals surface area contributed by atoms with Gasteiger partial charge in [-0.25, -0.2) is 14.8 Å². The molecule has 3 amide bonds. The molecule has 24 heteroatoms. The highest BCUT2D eigenvalue weighted by Crippen LogP contribution is 2.32. The number of nitrogens with two attached hydrogens (primary N) is 1. The monoisotopic (exact) mass is 960 g/mol. The van der Waals surface area contributed by atoms with Crippen molar-refractivity contribution in [1.29, 1.82) is 5.41 Å². The minimum Gasteiger partial charge on any atom is -0.480 e. The van der Waals surface area contributed by atoms with Gasteiger partial charge in [0.05, 0.1) is 96.9 Å². The minimum absolute atomic E-state index is 0.145. The first-order valence-corrected chi connectivity index (χ1v) is 22.4. The van der Waals surface area contributed by atoms with Crippen molar-refractivity contribution in [1.82, 2.24) is 40.6 Å². The number of benzene rings is 2. The van der Waals surface area contributed by atoms with Gasteiger partial charge in [-0.15, -0.1) is 0 Å². The van der Waals surface area contributed by atoms with Crippen LogP contribution in [0.2, 0.25) is 5.02 Å². The fourth-order valence-electron chi connectivity index (χ4n) is 6.72. The van der Waals surface area contributed by atoms with E-state index in [2.05, 4.69) is 53.2 Å². The number of carboxylic acid groups (broad SMARTS) is 2. The van der Waals surface area contributed by atoms with Gasteiger partial charge in [0.2, 0.25) is 11.9 Å². The van der Waals surface area contributed by atoms with Crippen LogP contribution in [-0.4, -0.2) is 223 Å². The third-order valence-electron chi connectivity index (χ3n) is 9.99. The summed E-state index contributed by atoms with van der Waals surface area (Å²) in [5, 5.41) is 37.7. The number of halogens is 1. The highest BCUT2D eigenvalue weighted by Gasteiger charge is 2.19. The van der Waals surface area contributed by atoms with Crippen LogP contribution >= 0.6 is 11.6 Å². The van der Waals surface area contributed by atoms with Crippen molar-refractivity contribution in [3.63, 3.8) is 0 Å². The summed E-state index contributed by atoms with van der Waals surface area (Å²) < 4.78 is 27.8. The van der Waals surface area contributed by atoms with E-state index >= 15 is 0 Å². The number of piperazine rings is 1. The lowest BCUT2D eigenvalue weighted by atomic mass is 10.1. The van der Waals surface area contributed by atoms with E-state index in [1.807, 2.05) is 24.3 Å². The van der Waals surface area contributed by atoms with Crippen molar-refractivity contribution < 1.29 is 53.1 Å². The van der Waals surface area contributed by atoms with E-state index < -0.39 is 11.9 Å². The molecule has 4 rings (SSSR count). The highest BCUT2D eigenvalue weighted by molar-refractivity contribution is 6.31. The third-order valence-corrected chi connectivity index (χ3v) is 10.2. The molecule has 2 heterocycles. The second-order valence-corrected chi connectivity index (χ2v) is 15.7. The number of rotatable bonds is 33. The smallest absolute Gasteiger partial charge is 0.317 e. The van der Waals surface area contributed by atoms with Crippen LogP contribution in [0.4, 0.5) is 16.4 Å². The van der Waals surface area contributed by atoms with E-state index in [1.165, 1.54) is 9.80 Å². The fourth-order valence-corrected chi connectivity index (χ4v) is 6.89. The summed E-state index contributed by atoms with van der Waals surface area (Å²) in [5.74, 6) is -2.45. The number of likely N-dealkylation sites (N-methyl/N-ethyl adjacent to an activating group) is 1. The number of guanidine groups is 1. The topological polar surface area (TPSA) is 292 Å². The highest BCUT2D eigenvalue weighted by atomic mass is 35.5. The van der Waals surface area contributed by atoms with E-state index in [0.29, 0.717) is 82.1 Å². The Morgan fingerprint density at radius 3 is 1.96 bits per heavy atom. The second kappa shape index (κ2) is 30.7. The number of fused-ring (bicyclic) bond motifs is 1. The van der Waals surface area contributed by atoms with Gasteiger partial charge in [0.25, 0.3) is 0 Å². The zero-order valence-corrected chi connectivity index (χ0v) is 38.8. The lowest BCUT2D eigenvalue weighted by Crippen LogP contribution is -2.47. The van der Waals surface area contributed by atoms with Gasteiger partial charge in [0.1, 0.15) is 0 Å². The molecule has 0 spiro atoms. The zero-order valence-electron chi connectivity index (χ0n) is 38.0. The van der Waals surface area contributed by atoms with Gasteiger partial charge in [-0.05, 0) is 37.4 Å². The maximum absolute atomic E-state index is 12.2. The first-order valence-electron chi connectivity index (χ1n) is 22.0. The molecule has 9 N–H and O–H groups in total. The Morgan fingerprint density at radius 2 is 1.34 bits per heavy atom. The standard InChI is InChI=1S/C43H65ClN12O11/c1-53(30-38(58)59)10-11-55(31-39(60)61)29-37(57)47-7-17-63-21-22-64-18-8-48-43(62)49-9-19-65-23-25-67-26-24-66-20-16-54-12-14-56(15-13-54)34-4-2-3-32(27-34)40-35-28-33(44)5-6-36(35)50-42(51-40)52-41(45)46/h2-6,27-28H,7-26,29-31H2,1H3,(H,47,57)(H,58,59)(H,60,61)(H2,48,49,62)(H4,45,46,50,51,52). The molecule has 0 saturated carbocycles. The van der Waals surface area contributed by atoms with Gasteiger partial charge in [-0.3, -0.25) is 39.8 Å². The van der Waals surface area contributed by atoms with Crippen molar-refractivity contribution in [3.05, 3.63) is 47.5 Å².